The summed E-state index contributed by atoms with van der Waals surface area (Å²) >= 11 is 8.80. The second-order valence-electron chi connectivity index (χ2n) is 4.93. The fraction of sp³-hybridized carbons (Fsp3) is 0.818. The Morgan fingerprint density at radius 3 is 1.60 bits per heavy atom. The van der Waals surface area contributed by atoms with Crippen molar-refractivity contribution < 1.29 is 9.59 Å². The van der Waals surface area contributed by atoms with E-state index in [9.17, 15) is 4.79 Å². The largest absolute Gasteiger partial charge is 0.313 e. The van der Waals surface area contributed by atoms with Crippen LogP contribution in [0.4, 0.5) is 4.79 Å². The zero-order valence-corrected chi connectivity index (χ0v) is 9.93. The van der Waals surface area contributed by atoms with Crippen molar-refractivity contribution in [2.24, 2.45) is 23.7 Å². The number of halogens is 2. The van der Waals surface area contributed by atoms with Crippen molar-refractivity contribution >= 4 is 33.7 Å². The molecule has 0 amide bonds. The summed E-state index contributed by atoms with van der Waals surface area (Å²) in [6.07, 6.45) is 6.41. The van der Waals surface area contributed by atoms with Gasteiger partial charge in [0.05, 0.1) is 0 Å². The van der Waals surface area contributed by atoms with Crippen molar-refractivity contribution in [1.82, 2.24) is 0 Å². The Bertz CT molecular complexity index is 254. The Morgan fingerprint density at radius 1 is 0.933 bits per heavy atom. The first-order valence-electron chi connectivity index (χ1n) is 5.45. The number of Topliss-reactive ketones (excluding diaryl/α,β-unsaturated/α-hetero) is 1. The molecule has 4 heteroatoms. The van der Waals surface area contributed by atoms with Crippen molar-refractivity contribution in [2.45, 2.75) is 32.1 Å². The Kier molecular flexibility index (Phi) is 3.36. The molecule has 4 saturated carbocycles. The van der Waals surface area contributed by atoms with Crippen molar-refractivity contribution in [1.29, 1.82) is 0 Å². The zero-order chi connectivity index (χ0) is 11.0. The van der Waals surface area contributed by atoms with Crippen molar-refractivity contribution in [2.75, 3.05) is 0 Å². The Labute approximate surface area is 99.3 Å². The van der Waals surface area contributed by atoms with Gasteiger partial charge in [0.25, 0.3) is 0 Å². The predicted octanol–water partition coefficient (Wildman–Crippen LogP) is 3.60. The first-order valence-corrected chi connectivity index (χ1v) is 6.20. The van der Waals surface area contributed by atoms with Gasteiger partial charge >= 0.3 is 4.70 Å². The fourth-order valence-corrected chi connectivity index (χ4v) is 3.65. The highest BCUT2D eigenvalue weighted by Crippen LogP contribution is 2.51. The molecule has 4 aliphatic carbocycles. The maximum Gasteiger partial charge on any atom is 0.313 e. The molecule has 0 atom stereocenters. The third-order valence-electron chi connectivity index (χ3n) is 3.94. The lowest BCUT2D eigenvalue weighted by atomic mass is 9.56. The molecule has 4 rings (SSSR count). The molecule has 4 aliphatic rings. The van der Waals surface area contributed by atoms with Gasteiger partial charge in [0.2, 0.25) is 0 Å². The van der Waals surface area contributed by atoms with E-state index >= 15 is 0 Å². The lowest BCUT2D eigenvalue weighted by molar-refractivity contribution is -0.139. The minimum atomic E-state index is -0.889. The molecule has 0 unspecified atom stereocenters. The molecule has 0 spiro atoms. The van der Waals surface area contributed by atoms with Crippen LogP contribution in [0.2, 0.25) is 0 Å². The molecule has 4 bridgehead atoms. The summed E-state index contributed by atoms with van der Waals surface area (Å²) in [7, 11) is 0. The van der Waals surface area contributed by atoms with E-state index in [2.05, 4.69) is 23.2 Å². The molecule has 0 aromatic heterocycles. The molecule has 0 saturated heterocycles. The van der Waals surface area contributed by atoms with E-state index in [0.717, 1.165) is 11.8 Å². The van der Waals surface area contributed by atoms with Gasteiger partial charge in [-0.15, -0.1) is 0 Å². The molecule has 4 fully saturated rings. The average Bonchev–Trinajstić information content (AvgIpc) is 2.11. The van der Waals surface area contributed by atoms with Crippen molar-refractivity contribution in [3.8, 4) is 0 Å². The van der Waals surface area contributed by atoms with Crippen LogP contribution in [0.15, 0.2) is 0 Å². The second kappa shape index (κ2) is 4.42. The van der Waals surface area contributed by atoms with Crippen LogP contribution in [0.1, 0.15) is 32.1 Å². The van der Waals surface area contributed by atoms with Gasteiger partial charge < -0.3 is 0 Å². The summed E-state index contributed by atoms with van der Waals surface area (Å²) in [6, 6.07) is 0. The summed E-state index contributed by atoms with van der Waals surface area (Å²) in [5.41, 5.74) is 0. The molecule has 0 N–H and O–H groups in total. The smallest absolute Gasteiger partial charge is 0.299 e. The van der Waals surface area contributed by atoms with E-state index in [1.165, 1.54) is 32.1 Å². The lowest BCUT2D eigenvalue weighted by Gasteiger charge is -2.48. The van der Waals surface area contributed by atoms with Gasteiger partial charge in [-0.1, -0.05) is 0 Å². The molecule has 84 valence electrons. The van der Waals surface area contributed by atoms with Gasteiger partial charge in [-0.05, 0) is 67.1 Å². The van der Waals surface area contributed by atoms with Gasteiger partial charge in [0, 0.05) is 11.8 Å². The first kappa shape index (κ1) is 11.4. The SMILES string of the molecule is O=C(Cl)Cl.O=C1C2CC3CC(C2)CC1C3. The molecule has 0 radical (unpaired) electrons. The lowest BCUT2D eigenvalue weighted by Crippen LogP contribution is -2.45. The summed E-state index contributed by atoms with van der Waals surface area (Å²) in [4.78, 5) is 20.5. The van der Waals surface area contributed by atoms with E-state index in [1.807, 2.05) is 0 Å². The van der Waals surface area contributed by atoms with Crippen LogP contribution in [-0.2, 0) is 4.79 Å². The molecular formula is C11H14Cl2O2. The Morgan fingerprint density at radius 2 is 1.27 bits per heavy atom. The van der Waals surface area contributed by atoms with Crippen LogP contribution in [0, 0.1) is 23.7 Å². The zero-order valence-electron chi connectivity index (χ0n) is 8.42. The van der Waals surface area contributed by atoms with Crippen LogP contribution in [0.25, 0.3) is 0 Å². The average molecular weight is 249 g/mol. The van der Waals surface area contributed by atoms with Crippen LogP contribution < -0.4 is 0 Å². The normalized spacial score (nSPS) is 41.1. The molecule has 0 heterocycles. The van der Waals surface area contributed by atoms with E-state index in [1.54, 1.807) is 0 Å². The van der Waals surface area contributed by atoms with Crippen LogP contribution in [-0.4, -0.2) is 10.5 Å². The van der Waals surface area contributed by atoms with Gasteiger partial charge in [0.15, 0.2) is 0 Å². The van der Waals surface area contributed by atoms with Gasteiger partial charge in [-0.25, -0.2) is 0 Å². The van der Waals surface area contributed by atoms with Crippen LogP contribution in [0.3, 0.4) is 0 Å². The molecule has 0 aliphatic heterocycles. The Balaban J connectivity index is 0.000000188. The maximum atomic E-state index is 11.6. The highest BCUT2D eigenvalue weighted by molar-refractivity contribution is 6.93. The molecule has 0 aromatic rings. The van der Waals surface area contributed by atoms with Crippen LogP contribution in [0.5, 0.6) is 0 Å². The van der Waals surface area contributed by atoms with Gasteiger partial charge in [-0.3, -0.25) is 9.59 Å². The fourth-order valence-electron chi connectivity index (χ4n) is 3.65. The maximum absolute atomic E-state index is 11.6. The number of carbonyl (C=O) groups is 2. The van der Waals surface area contributed by atoms with E-state index < -0.39 is 4.70 Å². The second-order valence-corrected chi connectivity index (χ2v) is 5.81. The van der Waals surface area contributed by atoms with Gasteiger partial charge in [0.1, 0.15) is 5.78 Å². The number of hydrogen-bond donors (Lipinski definition) is 0. The number of ketones is 1. The van der Waals surface area contributed by atoms with Gasteiger partial charge in [-0.2, -0.15) is 0 Å². The van der Waals surface area contributed by atoms with E-state index in [-0.39, 0.29) is 0 Å². The summed E-state index contributed by atoms with van der Waals surface area (Å²) in [5.74, 6) is 3.51. The van der Waals surface area contributed by atoms with Crippen molar-refractivity contribution in [3.63, 3.8) is 0 Å². The molecular weight excluding hydrogens is 235 g/mol. The standard InChI is InChI=1S/C10H14O.CCl2O/c11-10-8-2-6-1-7(4-8)5-9(10)3-6;2-1(3)4/h6-9H,1-5H2;. The molecule has 0 aromatic carbocycles. The quantitative estimate of drug-likeness (QED) is 0.614. The topological polar surface area (TPSA) is 34.1 Å². The minimum absolute atomic E-state index is 0.506. The predicted molar refractivity (Wildman–Crippen MR) is 59.2 cm³/mol. The minimum Gasteiger partial charge on any atom is -0.299 e. The highest BCUT2D eigenvalue weighted by atomic mass is 35.5. The van der Waals surface area contributed by atoms with Crippen molar-refractivity contribution in [3.05, 3.63) is 0 Å². The first-order chi connectivity index (χ1) is 7.06. The third-order valence-corrected chi connectivity index (χ3v) is 3.94. The third kappa shape index (κ3) is 2.54. The Hall–Kier alpha value is -0.0800. The highest BCUT2D eigenvalue weighted by Gasteiger charge is 2.47. The molecule has 15 heavy (non-hydrogen) atoms. The summed E-state index contributed by atoms with van der Waals surface area (Å²) < 4.78 is -0.889. The number of carbonyl (C=O) groups excluding carboxylic acids is 2. The van der Waals surface area contributed by atoms with E-state index in [0.29, 0.717) is 17.6 Å². The van der Waals surface area contributed by atoms with Crippen LogP contribution >= 0.6 is 23.2 Å². The molecule has 2 nitrogen and oxygen atoms in total. The number of rotatable bonds is 0. The monoisotopic (exact) mass is 248 g/mol. The number of hydrogen-bond acceptors (Lipinski definition) is 2. The summed E-state index contributed by atoms with van der Waals surface area (Å²) in [5, 5.41) is 0. The summed E-state index contributed by atoms with van der Waals surface area (Å²) in [6.45, 7) is 0. The van der Waals surface area contributed by atoms with E-state index in [4.69, 9.17) is 4.79 Å².